The number of hydrogen-bond donors (Lipinski definition) is 6. The Labute approximate surface area is 120 Å². The van der Waals surface area contributed by atoms with Crippen molar-refractivity contribution >= 4 is 0 Å². The summed E-state index contributed by atoms with van der Waals surface area (Å²) in [5, 5.41) is 57.2. The summed E-state index contributed by atoms with van der Waals surface area (Å²) in [6.07, 6.45) is -7.49. The van der Waals surface area contributed by atoms with Crippen LogP contribution in [0.3, 0.4) is 0 Å². The van der Waals surface area contributed by atoms with Gasteiger partial charge in [0, 0.05) is 0 Å². The average Bonchev–Trinajstić information content (AvgIpc) is 2.49. The first-order valence-electron chi connectivity index (χ1n) is 6.56. The Balaban J connectivity index is 2.04. The fraction of sp³-hybridized carbons (Fsp3) is 0.833. The Morgan fingerprint density at radius 1 is 0.857 bits per heavy atom. The lowest BCUT2D eigenvalue weighted by Gasteiger charge is -2.41. The van der Waals surface area contributed by atoms with E-state index in [4.69, 9.17) is 24.4 Å². The molecule has 2 aliphatic heterocycles. The SMILES string of the molecule is OC[C@H]1O[C@@H](O[C@@H]2C=CO[C@H](CO)[C@@H]2O)[C@H](O)[C@@H](O)[C@H]1O. The molecule has 0 spiro atoms. The van der Waals surface area contributed by atoms with Gasteiger partial charge in [-0.2, -0.15) is 0 Å². The van der Waals surface area contributed by atoms with Gasteiger partial charge < -0.3 is 44.8 Å². The molecule has 0 amide bonds. The third kappa shape index (κ3) is 3.35. The van der Waals surface area contributed by atoms with Crippen LogP contribution in [0.5, 0.6) is 0 Å². The van der Waals surface area contributed by atoms with Crippen LogP contribution in [0.15, 0.2) is 12.3 Å². The van der Waals surface area contributed by atoms with Crippen LogP contribution in [0, 0.1) is 0 Å². The molecule has 0 aromatic heterocycles. The van der Waals surface area contributed by atoms with Crippen LogP contribution in [0.25, 0.3) is 0 Å². The van der Waals surface area contributed by atoms with Gasteiger partial charge in [-0.3, -0.25) is 0 Å². The molecular formula is C12H20O9. The van der Waals surface area contributed by atoms with E-state index in [1.165, 1.54) is 12.3 Å². The van der Waals surface area contributed by atoms with E-state index < -0.39 is 62.2 Å². The predicted octanol–water partition coefficient (Wildman–Crippen LogP) is -3.56. The van der Waals surface area contributed by atoms with E-state index in [0.29, 0.717) is 0 Å². The molecule has 0 aromatic rings. The lowest BCUT2D eigenvalue weighted by atomic mass is 9.99. The van der Waals surface area contributed by atoms with Crippen LogP contribution < -0.4 is 0 Å². The van der Waals surface area contributed by atoms with Crippen LogP contribution in [0.2, 0.25) is 0 Å². The Kier molecular flexibility index (Phi) is 5.52. The highest BCUT2D eigenvalue weighted by Gasteiger charge is 2.46. The zero-order valence-electron chi connectivity index (χ0n) is 11.1. The van der Waals surface area contributed by atoms with Crippen LogP contribution in [-0.2, 0) is 14.2 Å². The molecule has 0 unspecified atom stereocenters. The maximum absolute atomic E-state index is 9.93. The second-order valence-corrected chi connectivity index (χ2v) is 4.97. The molecule has 0 aliphatic carbocycles. The van der Waals surface area contributed by atoms with Crippen molar-refractivity contribution in [2.45, 2.75) is 49.0 Å². The van der Waals surface area contributed by atoms with Gasteiger partial charge in [-0.1, -0.05) is 0 Å². The Bertz CT molecular complexity index is 361. The zero-order valence-corrected chi connectivity index (χ0v) is 11.1. The standard InChI is InChI=1S/C12H20O9/c13-3-6-8(15)5(1-2-19-6)20-12-11(18)10(17)9(16)7(4-14)21-12/h1-2,5-18H,3-4H2/t5-,6-,7-,8-,9+,10+,11-,12-/m1/s1. The maximum atomic E-state index is 9.93. The van der Waals surface area contributed by atoms with Gasteiger partial charge in [-0.25, -0.2) is 0 Å². The fourth-order valence-corrected chi connectivity index (χ4v) is 2.24. The lowest BCUT2D eigenvalue weighted by Crippen LogP contribution is -2.60. The third-order valence-electron chi connectivity index (χ3n) is 3.56. The molecule has 2 rings (SSSR count). The van der Waals surface area contributed by atoms with Crippen LogP contribution in [0.1, 0.15) is 0 Å². The van der Waals surface area contributed by atoms with Crippen molar-refractivity contribution in [1.82, 2.24) is 0 Å². The van der Waals surface area contributed by atoms with E-state index in [1.54, 1.807) is 0 Å². The normalized spacial score (nSPS) is 47.1. The van der Waals surface area contributed by atoms with E-state index >= 15 is 0 Å². The van der Waals surface area contributed by atoms with E-state index in [-0.39, 0.29) is 0 Å². The van der Waals surface area contributed by atoms with Gasteiger partial charge in [0.05, 0.1) is 19.5 Å². The summed E-state index contributed by atoms with van der Waals surface area (Å²) in [5.41, 5.74) is 0. The van der Waals surface area contributed by atoms with Crippen molar-refractivity contribution < 1.29 is 44.8 Å². The lowest BCUT2D eigenvalue weighted by molar-refractivity contribution is -0.315. The average molecular weight is 308 g/mol. The number of aliphatic hydroxyl groups excluding tert-OH is 6. The Morgan fingerprint density at radius 3 is 2.14 bits per heavy atom. The largest absolute Gasteiger partial charge is 0.493 e. The van der Waals surface area contributed by atoms with E-state index in [2.05, 4.69) is 0 Å². The van der Waals surface area contributed by atoms with Gasteiger partial charge in [-0.15, -0.1) is 0 Å². The summed E-state index contributed by atoms with van der Waals surface area (Å²) < 4.78 is 15.5. The fourth-order valence-electron chi connectivity index (χ4n) is 2.24. The molecule has 0 aromatic carbocycles. The Morgan fingerprint density at radius 2 is 1.52 bits per heavy atom. The highest BCUT2D eigenvalue weighted by molar-refractivity contribution is 4.99. The quantitative estimate of drug-likeness (QED) is 0.310. The molecule has 0 radical (unpaired) electrons. The number of aliphatic hydroxyl groups is 6. The van der Waals surface area contributed by atoms with Gasteiger partial charge >= 0.3 is 0 Å². The summed E-state index contributed by atoms with van der Waals surface area (Å²) in [7, 11) is 0. The van der Waals surface area contributed by atoms with E-state index in [0.717, 1.165) is 0 Å². The molecule has 1 saturated heterocycles. The second kappa shape index (κ2) is 6.99. The molecule has 0 bridgehead atoms. The third-order valence-corrected chi connectivity index (χ3v) is 3.56. The minimum atomic E-state index is -1.56. The van der Waals surface area contributed by atoms with Crippen molar-refractivity contribution in [1.29, 1.82) is 0 Å². The first-order valence-corrected chi connectivity index (χ1v) is 6.56. The summed E-state index contributed by atoms with van der Waals surface area (Å²) in [4.78, 5) is 0. The highest BCUT2D eigenvalue weighted by atomic mass is 16.7. The number of ether oxygens (including phenoxy) is 3. The predicted molar refractivity (Wildman–Crippen MR) is 65.7 cm³/mol. The molecule has 6 N–H and O–H groups in total. The zero-order chi connectivity index (χ0) is 15.6. The molecule has 0 saturated carbocycles. The summed E-state index contributed by atoms with van der Waals surface area (Å²) in [6, 6.07) is 0. The van der Waals surface area contributed by atoms with E-state index in [1.807, 2.05) is 0 Å². The Hall–Kier alpha value is -0.780. The van der Waals surface area contributed by atoms with Crippen molar-refractivity contribution in [3.8, 4) is 0 Å². The molecule has 122 valence electrons. The first-order chi connectivity index (χ1) is 9.99. The van der Waals surface area contributed by atoms with Crippen molar-refractivity contribution in [3.05, 3.63) is 12.3 Å². The summed E-state index contributed by atoms with van der Waals surface area (Å²) >= 11 is 0. The van der Waals surface area contributed by atoms with Gasteiger partial charge in [0.1, 0.15) is 42.7 Å². The molecule has 21 heavy (non-hydrogen) atoms. The molecule has 2 heterocycles. The molecule has 8 atom stereocenters. The van der Waals surface area contributed by atoms with Gasteiger partial charge in [0.25, 0.3) is 0 Å². The molecule has 9 nitrogen and oxygen atoms in total. The molecule has 1 fully saturated rings. The minimum Gasteiger partial charge on any atom is -0.493 e. The second-order valence-electron chi connectivity index (χ2n) is 4.97. The van der Waals surface area contributed by atoms with Crippen LogP contribution in [-0.4, -0.2) is 92.9 Å². The minimum absolute atomic E-state index is 0.431. The topological polar surface area (TPSA) is 149 Å². The summed E-state index contributed by atoms with van der Waals surface area (Å²) in [5.74, 6) is 0. The monoisotopic (exact) mass is 308 g/mol. The molecule has 9 heteroatoms. The first kappa shape index (κ1) is 16.6. The summed E-state index contributed by atoms with van der Waals surface area (Å²) in [6.45, 7) is -1.00. The van der Waals surface area contributed by atoms with Gasteiger partial charge in [0.2, 0.25) is 0 Å². The van der Waals surface area contributed by atoms with Crippen molar-refractivity contribution in [3.63, 3.8) is 0 Å². The maximum Gasteiger partial charge on any atom is 0.187 e. The number of rotatable bonds is 4. The molecular weight excluding hydrogens is 288 g/mol. The number of hydrogen-bond acceptors (Lipinski definition) is 9. The smallest absolute Gasteiger partial charge is 0.187 e. The van der Waals surface area contributed by atoms with E-state index in [9.17, 15) is 20.4 Å². The van der Waals surface area contributed by atoms with Crippen LogP contribution in [0.4, 0.5) is 0 Å². The highest BCUT2D eigenvalue weighted by Crippen LogP contribution is 2.25. The van der Waals surface area contributed by atoms with Crippen molar-refractivity contribution in [2.24, 2.45) is 0 Å². The van der Waals surface area contributed by atoms with Gasteiger partial charge in [-0.05, 0) is 6.08 Å². The molecule has 2 aliphatic rings. The van der Waals surface area contributed by atoms with Crippen molar-refractivity contribution in [2.75, 3.05) is 13.2 Å². The van der Waals surface area contributed by atoms with Gasteiger partial charge in [0.15, 0.2) is 6.29 Å². The van der Waals surface area contributed by atoms with Crippen LogP contribution >= 0.6 is 0 Å².